The number of aryl methyl sites for hydroxylation is 1. The molecule has 1 aromatic heterocycles. The van der Waals surface area contributed by atoms with Crippen molar-refractivity contribution in [3.63, 3.8) is 0 Å². The maximum atomic E-state index is 10.8. The smallest absolute Gasteiger partial charge is 0.270 e. The Morgan fingerprint density at radius 1 is 1.52 bits per heavy atom. The van der Waals surface area contributed by atoms with Crippen molar-refractivity contribution in [3.05, 3.63) is 39.7 Å². The Kier molecular flexibility index (Phi) is 4.01. The average molecular weight is 292 g/mol. The van der Waals surface area contributed by atoms with Gasteiger partial charge in [0, 0.05) is 24.8 Å². The van der Waals surface area contributed by atoms with Crippen molar-refractivity contribution in [2.75, 3.05) is 13.7 Å². The van der Waals surface area contributed by atoms with Crippen LogP contribution in [-0.2, 0) is 10.3 Å². The molecule has 8 nitrogen and oxygen atoms in total. The fourth-order valence-electron chi connectivity index (χ4n) is 1.88. The van der Waals surface area contributed by atoms with Gasteiger partial charge >= 0.3 is 0 Å². The van der Waals surface area contributed by atoms with Crippen LogP contribution in [0, 0.1) is 17.0 Å². The van der Waals surface area contributed by atoms with E-state index in [4.69, 9.17) is 15.0 Å². The molecule has 0 aliphatic heterocycles. The minimum Gasteiger partial charge on any atom is -0.382 e. The summed E-state index contributed by atoms with van der Waals surface area (Å²) in [6, 6.07) is 4.46. The van der Waals surface area contributed by atoms with E-state index in [-0.39, 0.29) is 24.0 Å². The van der Waals surface area contributed by atoms with E-state index in [1.165, 1.54) is 19.2 Å². The molecule has 0 amide bonds. The first-order valence-electron chi connectivity index (χ1n) is 6.22. The van der Waals surface area contributed by atoms with E-state index in [1.807, 2.05) is 0 Å². The van der Waals surface area contributed by atoms with E-state index in [0.29, 0.717) is 5.56 Å². The second-order valence-electron chi connectivity index (χ2n) is 5.03. The number of aromatic nitrogens is 2. The minimum absolute atomic E-state index is 0.0391. The summed E-state index contributed by atoms with van der Waals surface area (Å²) < 4.78 is 10.2. The summed E-state index contributed by atoms with van der Waals surface area (Å²) in [5.41, 5.74) is 6.40. The van der Waals surface area contributed by atoms with Crippen molar-refractivity contribution in [3.8, 4) is 11.5 Å². The lowest BCUT2D eigenvalue weighted by atomic mass is 10.0. The van der Waals surface area contributed by atoms with Gasteiger partial charge in [0.1, 0.15) is 5.54 Å². The molecule has 0 spiro atoms. The van der Waals surface area contributed by atoms with Gasteiger partial charge in [0.2, 0.25) is 0 Å². The number of nitrogens with two attached hydrogens (primary N) is 1. The predicted octanol–water partition coefficient (Wildman–Crippen LogP) is 1.77. The standard InChI is InChI=1S/C13H16N4O4/c1-8-4-5-9(17(18)19)6-10(8)11-15-12(16-21-11)13(2,14)7-20-3/h4-6H,7,14H2,1-3H3. The Bertz CT molecular complexity index is 666. The van der Waals surface area contributed by atoms with Crippen LogP contribution in [0.5, 0.6) is 0 Å². The summed E-state index contributed by atoms with van der Waals surface area (Å²) in [5, 5.41) is 14.7. The van der Waals surface area contributed by atoms with Crippen molar-refractivity contribution in [1.82, 2.24) is 10.1 Å². The molecule has 0 aliphatic rings. The summed E-state index contributed by atoms with van der Waals surface area (Å²) >= 11 is 0. The number of non-ortho nitro benzene ring substituents is 1. The highest BCUT2D eigenvalue weighted by molar-refractivity contribution is 5.62. The third kappa shape index (κ3) is 3.06. The van der Waals surface area contributed by atoms with Gasteiger partial charge in [-0.2, -0.15) is 4.98 Å². The zero-order chi connectivity index (χ0) is 15.6. The van der Waals surface area contributed by atoms with Crippen LogP contribution in [0.25, 0.3) is 11.5 Å². The highest BCUT2D eigenvalue weighted by atomic mass is 16.6. The maximum Gasteiger partial charge on any atom is 0.270 e. The third-order valence-corrected chi connectivity index (χ3v) is 3.04. The summed E-state index contributed by atoms with van der Waals surface area (Å²) in [7, 11) is 1.52. The molecule has 8 heteroatoms. The largest absolute Gasteiger partial charge is 0.382 e. The van der Waals surface area contributed by atoms with Crippen LogP contribution >= 0.6 is 0 Å². The van der Waals surface area contributed by atoms with E-state index in [9.17, 15) is 10.1 Å². The van der Waals surface area contributed by atoms with E-state index in [1.54, 1.807) is 19.9 Å². The zero-order valence-electron chi connectivity index (χ0n) is 12.0. The van der Waals surface area contributed by atoms with Gasteiger partial charge in [-0.05, 0) is 19.4 Å². The molecule has 0 fully saturated rings. The van der Waals surface area contributed by atoms with Crippen LogP contribution in [0.1, 0.15) is 18.3 Å². The lowest BCUT2D eigenvalue weighted by molar-refractivity contribution is -0.384. The molecule has 2 N–H and O–H groups in total. The molecule has 0 saturated carbocycles. The summed E-state index contributed by atoms with van der Waals surface area (Å²) in [6.45, 7) is 3.74. The molecule has 21 heavy (non-hydrogen) atoms. The van der Waals surface area contributed by atoms with Crippen LogP contribution in [0.3, 0.4) is 0 Å². The number of methoxy groups -OCH3 is 1. The van der Waals surface area contributed by atoms with Gasteiger partial charge in [-0.3, -0.25) is 10.1 Å². The van der Waals surface area contributed by atoms with Crippen LogP contribution < -0.4 is 5.73 Å². The fourth-order valence-corrected chi connectivity index (χ4v) is 1.88. The summed E-state index contributed by atoms with van der Waals surface area (Å²) in [4.78, 5) is 14.6. The monoisotopic (exact) mass is 292 g/mol. The zero-order valence-corrected chi connectivity index (χ0v) is 12.0. The predicted molar refractivity (Wildman–Crippen MR) is 74.5 cm³/mol. The molecule has 0 radical (unpaired) electrons. The molecule has 2 rings (SSSR count). The number of nitro groups is 1. The van der Waals surface area contributed by atoms with Crippen molar-refractivity contribution in [2.24, 2.45) is 5.73 Å². The molecule has 112 valence electrons. The highest BCUT2D eigenvalue weighted by Crippen LogP contribution is 2.27. The first-order valence-corrected chi connectivity index (χ1v) is 6.22. The molecule has 0 aliphatic carbocycles. The molecule has 0 saturated heterocycles. The normalized spacial score (nSPS) is 13.9. The van der Waals surface area contributed by atoms with Crippen molar-refractivity contribution in [2.45, 2.75) is 19.4 Å². The van der Waals surface area contributed by atoms with E-state index in [2.05, 4.69) is 10.1 Å². The number of nitrogens with zero attached hydrogens (tertiary/aromatic N) is 3. The van der Waals surface area contributed by atoms with Crippen molar-refractivity contribution in [1.29, 1.82) is 0 Å². The van der Waals surface area contributed by atoms with Gasteiger partial charge in [0.05, 0.1) is 11.5 Å². The Labute approximate surface area is 121 Å². The lowest BCUT2D eigenvalue weighted by Crippen LogP contribution is -2.38. The van der Waals surface area contributed by atoms with Gasteiger partial charge in [0.15, 0.2) is 5.82 Å². The van der Waals surface area contributed by atoms with Gasteiger partial charge in [-0.25, -0.2) is 0 Å². The molecule has 1 aromatic carbocycles. The van der Waals surface area contributed by atoms with Gasteiger partial charge in [0.25, 0.3) is 11.6 Å². The van der Waals surface area contributed by atoms with E-state index < -0.39 is 10.5 Å². The Morgan fingerprint density at radius 2 is 2.24 bits per heavy atom. The molecular formula is C13H16N4O4. The van der Waals surface area contributed by atoms with Crippen molar-refractivity contribution >= 4 is 5.69 Å². The van der Waals surface area contributed by atoms with E-state index in [0.717, 1.165) is 5.56 Å². The number of benzene rings is 1. The Balaban J connectivity index is 2.42. The second kappa shape index (κ2) is 5.58. The molecule has 1 heterocycles. The quantitative estimate of drug-likeness (QED) is 0.659. The molecule has 2 aromatic rings. The average Bonchev–Trinajstić information content (AvgIpc) is 2.89. The van der Waals surface area contributed by atoms with Crippen LogP contribution in [0.2, 0.25) is 0 Å². The van der Waals surface area contributed by atoms with Gasteiger partial charge < -0.3 is 15.0 Å². The highest BCUT2D eigenvalue weighted by Gasteiger charge is 2.28. The number of hydrogen-bond donors (Lipinski definition) is 1. The number of nitro benzene ring substituents is 1. The number of rotatable bonds is 5. The second-order valence-corrected chi connectivity index (χ2v) is 5.03. The molecular weight excluding hydrogens is 276 g/mol. The lowest BCUT2D eigenvalue weighted by Gasteiger charge is -2.18. The number of ether oxygens (including phenoxy) is 1. The number of hydrogen-bond acceptors (Lipinski definition) is 7. The van der Waals surface area contributed by atoms with Crippen LogP contribution in [0.15, 0.2) is 22.7 Å². The fraction of sp³-hybridized carbons (Fsp3) is 0.385. The first kappa shape index (κ1) is 15.1. The third-order valence-electron chi connectivity index (χ3n) is 3.04. The Morgan fingerprint density at radius 3 is 2.86 bits per heavy atom. The van der Waals surface area contributed by atoms with Gasteiger partial charge in [-0.15, -0.1) is 0 Å². The Hall–Kier alpha value is -2.32. The first-order chi connectivity index (χ1) is 9.85. The topological polar surface area (TPSA) is 117 Å². The van der Waals surface area contributed by atoms with Crippen LogP contribution in [-0.4, -0.2) is 28.8 Å². The van der Waals surface area contributed by atoms with Gasteiger partial charge in [-0.1, -0.05) is 11.2 Å². The molecule has 1 unspecified atom stereocenters. The van der Waals surface area contributed by atoms with Crippen molar-refractivity contribution < 1.29 is 14.2 Å². The SMILES string of the molecule is COCC(C)(N)c1noc(-c2cc([N+](=O)[O-])ccc2C)n1. The summed E-state index contributed by atoms with van der Waals surface area (Å²) in [6.07, 6.45) is 0. The minimum atomic E-state index is -0.898. The maximum absolute atomic E-state index is 10.8. The molecule has 0 bridgehead atoms. The summed E-state index contributed by atoms with van der Waals surface area (Å²) in [5.74, 6) is 0.476. The van der Waals surface area contributed by atoms with Crippen LogP contribution in [0.4, 0.5) is 5.69 Å². The van der Waals surface area contributed by atoms with E-state index >= 15 is 0 Å². The molecule has 1 atom stereocenters.